The van der Waals surface area contributed by atoms with E-state index in [4.69, 9.17) is 15.2 Å². The summed E-state index contributed by atoms with van der Waals surface area (Å²) in [6, 6.07) is 18.2. The third-order valence-electron chi connectivity index (χ3n) is 3.67. The zero-order valence-electron chi connectivity index (χ0n) is 14.1. The van der Waals surface area contributed by atoms with E-state index in [2.05, 4.69) is 0 Å². The summed E-state index contributed by atoms with van der Waals surface area (Å²) in [5.74, 6) is -0.754. The summed E-state index contributed by atoms with van der Waals surface area (Å²) in [7, 11) is 0. The van der Waals surface area contributed by atoms with Gasteiger partial charge in [0.05, 0.1) is 0 Å². The maximum atomic E-state index is 11.8. The average molecular weight is 341 g/mol. The van der Waals surface area contributed by atoms with Gasteiger partial charge in [0, 0.05) is 6.42 Å². The third kappa shape index (κ3) is 7.18. The fourth-order valence-electron chi connectivity index (χ4n) is 2.23. The monoisotopic (exact) mass is 341 g/mol. The summed E-state index contributed by atoms with van der Waals surface area (Å²) in [4.78, 5) is 23.5. The molecule has 0 aliphatic heterocycles. The minimum Gasteiger partial charge on any atom is -0.461 e. The van der Waals surface area contributed by atoms with Crippen molar-refractivity contribution in [2.24, 2.45) is 5.73 Å². The van der Waals surface area contributed by atoms with Crippen LogP contribution in [0.3, 0.4) is 0 Å². The summed E-state index contributed by atoms with van der Waals surface area (Å²) in [5, 5.41) is 0. The molecule has 0 amide bonds. The van der Waals surface area contributed by atoms with Crippen molar-refractivity contribution in [2.45, 2.75) is 38.5 Å². The van der Waals surface area contributed by atoms with Gasteiger partial charge in [-0.1, -0.05) is 60.7 Å². The molecule has 0 saturated carbocycles. The normalized spacial score (nSPS) is 11.6. The maximum Gasteiger partial charge on any atom is 0.323 e. The fraction of sp³-hybridized carbons (Fsp3) is 0.300. The van der Waals surface area contributed by atoms with Crippen LogP contribution in [0.1, 0.15) is 30.4 Å². The van der Waals surface area contributed by atoms with E-state index in [0.29, 0.717) is 12.8 Å². The maximum absolute atomic E-state index is 11.8. The van der Waals surface area contributed by atoms with Crippen molar-refractivity contribution >= 4 is 11.9 Å². The largest absolute Gasteiger partial charge is 0.461 e. The van der Waals surface area contributed by atoms with E-state index in [-0.39, 0.29) is 25.6 Å². The van der Waals surface area contributed by atoms with Gasteiger partial charge in [0.1, 0.15) is 19.3 Å². The van der Waals surface area contributed by atoms with Crippen LogP contribution in [-0.2, 0) is 32.3 Å². The molecule has 2 rings (SSSR count). The molecule has 2 aromatic carbocycles. The average Bonchev–Trinajstić information content (AvgIpc) is 2.66. The molecule has 0 aromatic heterocycles. The first-order valence-electron chi connectivity index (χ1n) is 8.31. The van der Waals surface area contributed by atoms with Crippen molar-refractivity contribution in [3.8, 4) is 0 Å². The summed E-state index contributed by atoms with van der Waals surface area (Å²) in [6.07, 6.45) is 1.09. The first kappa shape index (κ1) is 18.7. The first-order chi connectivity index (χ1) is 12.1. The predicted octanol–water partition coefficient (Wildman–Crippen LogP) is 2.97. The number of esters is 2. The zero-order chi connectivity index (χ0) is 17.9. The Kier molecular flexibility index (Phi) is 7.66. The van der Waals surface area contributed by atoms with Crippen LogP contribution < -0.4 is 5.73 Å². The molecular formula is C20H23NO4. The molecule has 0 saturated heterocycles. The molecule has 132 valence electrons. The standard InChI is InChI=1S/C20H23NO4/c21-18(20(23)25-15-17-10-5-2-6-11-17)12-7-13-19(22)24-14-16-8-3-1-4-9-16/h1-6,8-11,18H,7,12-15,21H2/t18-/m1/s1. The molecule has 2 aromatic rings. The minimum absolute atomic E-state index is 0.201. The molecule has 25 heavy (non-hydrogen) atoms. The van der Waals surface area contributed by atoms with Gasteiger partial charge in [-0.15, -0.1) is 0 Å². The number of hydrogen-bond acceptors (Lipinski definition) is 5. The Hall–Kier alpha value is -2.66. The number of ether oxygens (including phenoxy) is 2. The number of benzene rings is 2. The van der Waals surface area contributed by atoms with Crippen molar-refractivity contribution in [1.82, 2.24) is 0 Å². The van der Waals surface area contributed by atoms with Gasteiger partial charge < -0.3 is 15.2 Å². The molecule has 1 atom stereocenters. The molecule has 0 heterocycles. The Bertz CT molecular complexity index is 658. The van der Waals surface area contributed by atoms with E-state index in [9.17, 15) is 9.59 Å². The quantitative estimate of drug-likeness (QED) is 0.709. The molecule has 5 nitrogen and oxygen atoms in total. The van der Waals surface area contributed by atoms with Gasteiger partial charge in [-0.3, -0.25) is 9.59 Å². The highest BCUT2D eigenvalue weighted by Gasteiger charge is 2.15. The van der Waals surface area contributed by atoms with E-state index in [1.54, 1.807) is 0 Å². The summed E-state index contributed by atoms with van der Waals surface area (Å²) >= 11 is 0. The summed E-state index contributed by atoms with van der Waals surface area (Å²) in [6.45, 7) is 0.456. The van der Waals surface area contributed by atoms with Gasteiger partial charge >= 0.3 is 11.9 Å². The smallest absolute Gasteiger partial charge is 0.323 e. The molecule has 0 aliphatic carbocycles. The van der Waals surface area contributed by atoms with Crippen LogP contribution in [0.25, 0.3) is 0 Å². The fourth-order valence-corrected chi connectivity index (χ4v) is 2.23. The van der Waals surface area contributed by atoms with E-state index in [0.717, 1.165) is 11.1 Å². The lowest BCUT2D eigenvalue weighted by atomic mass is 10.1. The Morgan fingerprint density at radius 3 is 1.92 bits per heavy atom. The SMILES string of the molecule is N[C@H](CCCC(=O)OCc1ccccc1)C(=O)OCc1ccccc1. The molecule has 0 bridgehead atoms. The lowest BCUT2D eigenvalue weighted by Crippen LogP contribution is -2.32. The van der Waals surface area contributed by atoms with Crippen LogP contribution in [0.2, 0.25) is 0 Å². The predicted molar refractivity (Wildman–Crippen MR) is 94.3 cm³/mol. The summed E-state index contributed by atoms with van der Waals surface area (Å²) < 4.78 is 10.4. The second kappa shape index (κ2) is 10.3. The van der Waals surface area contributed by atoms with Gasteiger partial charge in [-0.2, -0.15) is 0 Å². The van der Waals surface area contributed by atoms with E-state index in [1.165, 1.54) is 0 Å². The molecule has 0 radical (unpaired) electrons. The number of nitrogens with two attached hydrogens (primary N) is 1. The first-order valence-corrected chi connectivity index (χ1v) is 8.31. The lowest BCUT2D eigenvalue weighted by Gasteiger charge is -2.11. The third-order valence-corrected chi connectivity index (χ3v) is 3.67. The van der Waals surface area contributed by atoms with Gasteiger partial charge in [0.15, 0.2) is 0 Å². The Balaban J connectivity index is 1.60. The van der Waals surface area contributed by atoms with E-state index in [1.807, 2.05) is 60.7 Å². The van der Waals surface area contributed by atoms with E-state index < -0.39 is 12.0 Å². The van der Waals surface area contributed by atoms with Crippen LogP contribution in [-0.4, -0.2) is 18.0 Å². The molecule has 0 fully saturated rings. The van der Waals surface area contributed by atoms with E-state index >= 15 is 0 Å². The van der Waals surface area contributed by atoms with Gasteiger partial charge in [0.2, 0.25) is 0 Å². The highest BCUT2D eigenvalue weighted by molar-refractivity contribution is 5.75. The number of carbonyl (C=O) groups excluding carboxylic acids is 2. The van der Waals surface area contributed by atoms with Crippen molar-refractivity contribution in [3.05, 3.63) is 71.8 Å². The highest BCUT2D eigenvalue weighted by atomic mass is 16.5. The molecular weight excluding hydrogens is 318 g/mol. The van der Waals surface area contributed by atoms with Crippen molar-refractivity contribution in [2.75, 3.05) is 0 Å². The van der Waals surface area contributed by atoms with Gasteiger partial charge in [-0.25, -0.2) is 0 Å². The van der Waals surface area contributed by atoms with Crippen LogP contribution in [0.4, 0.5) is 0 Å². The molecule has 0 unspecified atom stereocenters. The zero-order valence-corrected chi connectivity index (χ0v) is 14.1. The second-order valence-electron chi connectivity index (χ2n) is 5.74. The topological polar surface area (TPSA) is 78.6 Å². The van der Waals surface area contributed by atoms with Crippen LogP contribution in [0.5, 0.6) is 0 Å². The Morgan fingerprint density at radius 2 is 1.36 bits per heavy atom. The molecule has 0 spiro atoms. The molecule has 2 N–H and O–H groups in total. The van der Waals surface area contributed by atoms with Crippen molar-refractivity contribution in [1.29, 1.82) is 0 Å². The Morgan fingerprint density at radius 1 is 0.840 bits per heavy atom. The Labute approximate surface area is 147 Å². The highest BCUT2D eigenvalue weighted by Crippen LogP contribution is 2.07. The van der Waals surface area contributed by atoms with Crippen LogP contribution in [0.15, 0.2) is 60.7 Å². The molecule has 5 heteroatoms. The van der Waals surface area contributed by atoms with Crippen molar-refractivity contribution < 1.29 is 19.1 Å². The lowest BCUT2D eigenvalue weighted by molar-refractivity contribution is -0.148. The number of carbonyl (C=O) groups is 2. The van der Waals surface area contributed by atoms with Crippen molar-refractivity contribution in [3.63, 3.8) is 0 Å². The van der Waals surface area contributed by atoms with Gasteiger partial charge in [0.25, 0.3) is 0 Å². The minimum atomic E-state index is -0.731. The van der Waals surface area contributed by atoms with Crippen LogP contribution in [0, 0.1) is 0 Å². The number of hydrogen-bond donors (Lipinski definition) is 1. The second-order valence-corrected chi connectivity index (χ2v) is 5.74. The number of rotatable bonds is 9. The molecule has 0 aliphatic rings. The van der Waals surface area contributed by atoms with Crippen LogP contribution >= 0.6 is 0 Å². The van der Waals surface area contributed by atoms with Gasteiger partial charge in [-0.05, 0) is 24.0 Å². The summed E-state index contributed by atoms with van der Waals surface area (Å²) in [5.41, 5.74) is 7.66.